The maximum absolute atomic E-state index is 13.9. The number of thiazole rings is 1. The van der Waals surface area contributed by atoms with Gasteiger partial charge in [-0.05, 0) is 47.0 Å². The molecule has 1 N–H and O–H groups in total. The summed E-state index contributed by atoms with van der Waals surface area (Å²) in [6.07, 6.45) is -3.84. The molecule has 2 aromatic carbocycles. The van der Waals surface area contributed by atoms with Crippen LogP contribution in [-0.2, 0) is 19.1 Å². The smallest absolute Gasteiger partial charge is 0.416 e. The Morgan fingerprint density at radius 2 is 2.00 bits per heavy atom. The van der Waals surface area contributed by atoms with Gasteiger partial charge in [0, 0.05) is 43.2 Å². The molecule has 1 saturated heterocycles. The van der Waals surface area contributed by atoms with Crippen molar-refractivity contribution in [2.75, 3.05) is 19.6 Å². The summed E-state index contributed by atoms with van der Waals surface area (Å²) in [6.45, 7) is 1.32. The van der Waals surface area contributed by atoms with Crippen LogP contribution in [0.3, 0.4) is 0 Å². The van der Waals surface area contributed by atoms with Crippen molar-refractivity contribution in [3.63, 3.8) is 0 Å². The van der Waals surface area contributed by atoms with E-state index < -0.39 is 22.8 Å². The van der Waals surface area contributed by atoms with Gasteiger partial charge in [-0.1, -0.05) is 35.1 Å². The van der Waals surface area contributed by atoms with Gasteiger partial charge >= 0.3 is 11.0 Å². The average Bonchev–Trinajstić information content (AvgIpc) is 3.55. The second-order valence-electron chi connectivity index (χ2n) is 8.93. The van der Waals surface area contributed by atoms with Crippen molar-refractivity contribution < 1.29 is 22.7 Å². The van der Waals surface area contributed by atoms with Gasteiger partial charge in [0.2, 0.25) is 5.88 Å². The third-order valence-corrected chi connectivity index (χ3v) is 7.74. The zero-order chi connectivity index (χ0) is 26.3. The van der Waals surface area contributed by atoms with E-state index in [1.807, 2.05) is 4.90 Å². The van der Waals surface area contributed by atoms with E-state index in [-0.39, 0.29) is 40.9 Å². The molecule has 0 bridgehead atoms. The molecule has 0 unspecified atom stereocenters. The van der Waals surface area contributed by atoms with Gasteiger partial charge in [-0.3, -0.25) is 14.3 Å². The highest BCUT2D eigenvalue weighted by Gasteiger charge is 2.34. The predicted octanol–water partition coefficient (Wildman–Crippen LogP) is 3.74. The fourth-order valence-corrected chi connectivity index (χ4v) is 5.73. The van der Waals surface area contributed by atoms with Crippen LogP contribution < -0.4 is 15.4 Å². The number of rotatable bonds is 6. The molecule has 1 atom stereocenters. The number of hydrogen-bond donors (Lipinski definition) is 1. The molecule has 0 saturated carbocycles. The molecular weight excluding hydrogens is 532 g/mol. The lowest BCUT2D eigenvalue weighted by molar-refractivity contribution is -0.138. The highest BCUT2D eigenvalue weighted by Crippen LogP contribution is 2.37. The number of nitrogens with zero attached hydrogens (tertiary/aromatic N) is 4. The summed E-state index contributed by atoms with van der Waals surface area (Å²) in [5, 5.41) is 20.0. The number of likely N-dealkylation sites (tertiary alicyclic amines) is 1. The summed E-state index contributed by atoms with van der Waals surface area (Å²) in [6, 6.07) is 8.61. The molecule has 194 valence electrons. The van der Waals surface area contributed by atoms with E-state index in [1.165, 1.54) is 22.9 Å². The summed E-state index contributed by atoms with van der Waals surface area (Å²) < 4.78 is 56.3. The zero-order valence-corrected chi connectivity index (χ0v) is 20.9. The Hall–Kier alpha value is -3.02. The van der Waals surface area contributed by atoms with Gasteiger partial charge in [0.1, 0.15) is 6.17 Å². The van der Waals surface area contributed by atoms with Crippen molar-refractivity contribution in [2.24, 2.45) is 10.2 Å². The van der Waals surface area contributed by atoms with Crippen molar-refractivity contribution in [2.45, 2.75) is 31.7 Å². The molecule has 2 aliphatic heterocycles. The van der Waals surface area contributed by atoms with Gasteiger partial charge in [0.15, 0.2) is 0 Å². The van der Waals surface area contributed by atoms with Crippen LogP contribution >= 0.6 is 22.9 Å². The Morgan fingerprint density at radius 3 is 2.73 bits per heavy atom. The first-order chi connectivity index (χ1) is 17.6. The predicted molar refractivity (Wildman–Crippen MR) is 134 cm³/mol. The van der Waals surface area contributed by atoms with Crippen LogP contribution in [0.2, 0.25) is 5.02 Å². The molecule has 2 aliphatic rings. The van der Waals surface area contributed by atoms with E-state index in [0.29, 0.717) is 41.2 Å². The summed E-state index contributed by atoms with van der Waals surface area (Å²) in [4.78, 5) is 14.4. The van der Waals surface area contributed by atoms with Crippen LogP contribution in [0.15, 0.2) is 51.4 Å². The second-order valence-corrected chi connectivity index (χ2v) is 10.3. The number of halogens is 5. The minimum absolute atomic E-state index is 0.0518. The molecule has 0 spiro atoms. The SMILES string of the molecule is O=c1sc(C(Cc2ccc(Cl)cc2C(F)(F)F)=c2ccc3c(c2)C=NN=3)c(O)n1CCN1CC[C@H](F)C1. The molecule has 0 amide bonds. The number of fused-ring (bicyclic) bond motifs is 1. The summed E-state index contributed by atoms with van der Waals surface area (Å²) in [5.41, 5.74) is 0.0717. The fraction of sp³-hybridized carbons (Fsp3) is 0.320. The normalized spacial score (nSPS) is 18.2. The largest absolute Gasteiger partial charge is 0.493 e. The molecule has 37 heavy (non-hydrogen) atoms. The topological polar surface area (TPSA) is 70.2 Å². The Morgan fingerprint density at radius 1 is 1.19 bits per heavy atom. The quantitative estimate of drug-likeness (QED) is 0.474. The fourth-order valence-electron chi connectivity index (χ4n) is 4.58. The maximum Gasteiger partial charge on any atom is 0.416 e. The number of alkyl halides is 4. The average molecular weight is 553 g/mol. The number of benzene rings is 2. The Bertz CT molecular complexity index is 1560. The number of hydrogen-bond acceptors (Lipinski definition) is 6. The summed E-state index contributed by atoms with van der Waals surface area (Å²) >= 11 is 6.62. The van der Waals surface area contributed by atoms with Gasteiger partial charge in [0.05, 0.1) is 22.0 Å². The lowest BCUT2D eigenvalue weighted by Crippen LogP contribution is -2.28. The molecule has 0 aliphatic carbocycles. The van der Waals surface area contributed by atoms with Crippen molar-refractivity contribution in [1.82, 2.24) is 9.47 Å². The molecule has 12 heteroatoms. The second kappa shape index (κ2) is 10.0. The molecule has 0 radical (unpaired) electrons. The van der Waals surface area contributed by atoms with Crippen molar-refractivity contribution in [3.05, 3.63) is 83.2 Å². The Labute approximate surface area is 217 Å². The molecule has 1 aromatic heterocycles. The molecule has 3 aromatic rings. The summed E-state index contributed by atoms with van der Waals surface area (Å²) in [5.74, 6) is -0.331. The van der Waals surface area contributed by atoms with Crippen LogP contribution in [0.1, 0.15) is 28.0 Å². The van der Waals surface area contributed by atoms with Gasteiger partial charge in [0.25, 0.3) is 0 Å². The third-order valence-electron chi connectivity index (χ3n) is 6.48. The van der Waals surface area contributed by atoms with E-state index >= 15 is 0 Å². The standard InChI is InChI=1S/C25H21ClF4N4O2S/c26-17-3-1-15(20(11-17)25(28,29)30)10-19(14-2-4-21-16(9-14)12-31-32-21)22-23(35)34(24(36)37-22)8-7-33-6-5-18(27)13-33/h1-4,9,11-12,18,35H,5-8,10,13H2/t18-/m0/s1. The van der Waals surface area contributed by atoms with Crippen LogP contribution in [0.4, 0.5) is 17.6 Å². The first-order valence-electron chi connectivity index (χ1n) is 11.5. The molecule has 5 rings (SSSR count). The lowest BCUT2D eigenvalue weighted by Gasteiger charge is -2.16. The van der Waals surface area contributed by atoms with Gasteiger partial charge in [-0.2, -0.15) is 23.4 Å². The van der Waals surface area contributed by atoms with Gasteiger partial charge in [-0.15, -0.1) is 0 Å². The van der Waals surface area contributed by atoms with Crippen LogP contribution in [0.25, 0.3) is 5.57 Å². The third kappa shape index (κ3) is 5.34. The van der Waals surface area contributed by atoms with Crippen molar-refractivity contribution in [3.8, 4) is 5.88 Å². The minimum Gasteiger partial charge on any atom is -0.493 e. The lowest BCUT2D eigenvalue weighted by atomic mass is 9.96. The van der Waals surface area contributed by atoms with E-state index in [9.17, 15) is 27.5 Å². The number of aromatic hydroxyl groups is 1. The van der Waals surface area contributed by atoms with Crippen LogP contribution in [0.5, 0.6) is 5.88 Å². The van der Waals surface area contributed by atoms with Crippen LogP contribution in [0, 0.1) is 0 Å². The first-order valence-corrected chi connectivity index (χ1v) is 12.7. The molecule has 3 heterocycles. The van der Waals surface area contributed by atoms with Gasteiger partial charge in [-0.25, -0.2) is 4.39 Å². The van der Waals surface area contributed by atoms with E-state index in [0.717, 1.165) is 17.4 Å². The molecule has 6 nitrogen and oxygen atoms in total. The Balaban J connectivity index is 1.61. The Kier molecular flexibility index (Phi) is 6.95. The van der Waals surface area contributed by atoms with E-state index in [2.05, 4.69) is 10.2 Å². The van der Waals surface area contributed by atoms with Gasteiger partial charge < -0.3 is 5.11 Å². The molecular formula is C25H21ClF4N4O2S. The molecule has 1 fully saturated rings. The van der Waals surface area contributed by atoms with E-state index in [4.69, 9.17) is 11.6 Å². The zero-order valence-electron chi connectivity index (χ0n) is 19.3. The van der Waals surface area contributed by atoms with Crippen molar-refractivity contribution >= 4 is 34.7 Å². The van der Waals surface area contributed by atoms with Crippen LogP contribution in [-0.4, -0.2) is 46.6 Å². The highest BCUT2D eigenvalue weighted by atomic mass is 35.5. The monoisotopic (exact) mass is 552 g/mol. The first kappa shape index (κ1) is 25.6. The van der Waals surface area contributed by atoms with E-state index in [1.54, 1.807) is 18.2 Å². The maximum atomic E-state index is 13.9. The highest BCUT2D eigenvalue weighted by molar-refractivity contribution is 7.10. The minimum atomic E-state index is -4.65. The summed E-state index contributed by atoms with van der Waals surface area (Å²) in [7, 11) is 0. The van der Waals surface area contributed by atoms with Crippen molar-refractivity contribution in [1.29, 1.82) is 0 Å². The number of aromatic nitrogens is 1.